The van der Waals surface area contributed by atoms with Gasteiger partial charge in [-0.2, -0.15) is 0 Å². The molecule has 2 heterocycles. The largest absolute Gasteiger partial charge is 0.389 e. The molecule has 0 radical (unpaired) electrons. The zero-order chi connectivity index (χ0) is 49.7. The number of halogens is 2. The van der Waals surface area contributed by atoms with E-state index in [9.17, 15) is 10.2 Å². The smallest absolute Gasteiger partial charge is 0.100 e. The van der Waals surface area contributed by atoms with Gasteiger partial charge in [-0.25, -0.2) is 9.97 Å². The molecule has 0 amide bonds. The van der Waals surface area contributed by atoms with E-state index in [1.54, 1.807) is 23.5 Å². The van der Waals surface area contributed by atoms with Crippen LogP contribution in [0.25, 0.3) is 21.8 Å². The first kappa shape index (κ1) is 53.4. The molecule has 6 aromatic carbocycles. The monoisotopic (exact) mass is 1100 g/mol. The van der Waals surface area contributed by atoms with Crippen LogP contribution in [0, 0.1) is 0 Å². The Balaban J connectivity index is 0.000000206. The van der Waals surface area contributed by atoms with Crippen LogP contribution in [0.1, 0.15) is 70.9 Å². The molecular formula is C60H66Br2N4O2S2. The second-order valence-corrected chi connectivity index (χ2v) is 22.2. The van der Waals surface area contributed by atoms with Crippen LogP contribution in [0.15, 0.2) is 189 Å². The number of thioether (sulfide) groups is 2. The van der Waals surface area contributed by atoms with E-state index >= 15 is 0 Å². The Kier molecular flexibility index (Phi) is 19.3. The number of benzene rings is 6. The van der Waals surface area contributed by atoms with Crippen molar-refractivity contribution in [2.75, 3.05) is 53.8 Å². The van der Waals surface area contributed by atoms with Gasteiger partial charge in [0, 0.05) is 44.6 Å². The molecule has 0 saturated heterocycles. The molecule has 10 heteroatoms. The van der Waals surface area contributed by atoms with E-state index in [1.165, 1.54) is 11.1 Å². The van der Waals surface area contributed by atoms with Gasteiger partial charge in [0.25, 0.3) is 0 Å². The number of aromatic nitrogens is 2. The van der Waals surface area contributed by atoms with Crippen LogP contribution >= 0.6 is 55.4 Å². The third-order valence-corrected chi connectivity index (χ3v) is 15.7. The van der Waals surface area contributed by atoms with Crippen LogP contribution in [0.5, 0.6) is 0 Å². The van der Waals surface area contributed by atoms with Crippen molar-refractivity contribution in [3.05, 3.63) is 212 Å². The van der Waals surface area contributed by atoms with E-state index in [0.29, 0.717) is 25.7 Å². The fourth-order valence-corrected chi connectivity index (χ4v) is 11.5. The Morgan fingerprint density at radius 1 is 0.471 bits per heavy atom. The first-order valence-electron chi connectivity index (χ1n) is 24.0. The Labute approximate surface area is 441 Å². The summed E-state index contributed by atoms with van der Waals surface area (Å²) in [6, 6.07) is 58.7. The van der Waals surface area contributed by atoms with Gasteiger partial charge in [-0.1, -0.05) is 153 Å². The van der Waals surface area contributed by atoms with Crippen LogP contribution in [0.2, 0.25) is 0 Å². The first-order chi connectivity index (χ1) is 33.8. The van der Waals surface area contributed by atoms with Gasteiger partial charge in [-0.3, -0.25) is 0 Å². The molecule has 0 aliphatic carbocycles. The maximum Gasteiger partial charge on any atom is 0.100 e. The highest BCUT2D eigenvalue weighted by atomic mass is 79.9. The molecule has 2 N–H and O–H groups in total. The summed E-state index contributed by atoms with van der Waals surface area (Å²) in [5.74, 6) is -0.406. The normalized spacial score (nSPS) is 14.2. The molecule has 8 aromatic rings. The molecule has 364 valence electrons. The van der Waals surface area contributed by atoms with Crippen LogP contribution in [-0.2, 0) is 12.8 Å². The molecular weight excluding hydrogens is 1030 g/mol. The van der Waals surface area contributed by atoms with Gasteiger partial charge in [0.05, 0.1) is 22.2 Å². The number of rotatable bonds is 20. The van der Waals surface area contributed by atoms with E-state index < -0.39 is 11.2 Å². The number of nitrogens with zero attached hydrogens (tertiary/aromatic N) is 4. The summed E-state index contributed by atoms with van der Waals surface area (Å²) in [7, 11) is 8.27. The maximum absolute atomic E-state index is 12.6. The van der Waals surface area contributed by atoms with Crippen molar-refractivity contribution in [3.63, 3.8) is 0 Å². The number of aliphatic hydroxyl groups is 2. The minimum atomic E-state index is -0.951. The first-order valence-corrected chi connectivity index (χ1v) is 28.0. The third kappa shape index (κ3) is 14.0. The summed E-state index contributed by atoms with van der Waals surface area (Å²) in [6.07, 6.45) is 8.42. The van der Waals surface area contributed by atoms with Gasteiger partial charge in [-0.05, 0) is 161 Å². The predicted molar refractivity (Wildman–Crippen MR) is 305 cm³/mol. The van der Waals surface area contributed by atoms with E-state index in [1.807, 2.05) is 48.5 Å². The van der Waals surface area contributed by atoms with Crippen molar-refractivity contribution in [2.45, 2.75) is 71.6 Å². The van der Waals surface area contributed by atoms with Crippen LogP contribution in [0.3, 0.4) is 0 Å². The Hall–Kier alpha value is -4.36. The third-order valence-electron chi connectivity index (χ3n) is 13.3. The van der Waals surface area contributed by atoms with Gasteiger partial charge in [0.2, 0.25) is 0 Å². The fourth-order valence-electron chi connectivity index (χ4n) is 9.55. The SMILES string of the molecule is CSc1nc2ccc(Br)cc2cc1C(c1ccccc1)C(O)(CCc1ccccc1)CCN(C)C.CSc1nc2ccc(Br)cc2cc1C(c1ccccc1)C(O)(CCc1ccccc1)CCN(C)C. The van der Waals surface area contributed by atoms with Crippen LogP contribution in [0.4, 0.5) is 0 Å². The van der Waals surface area contributed by atoms with Crippen molar-refractivity contribution in [1.82, 2.24) is 19.8 Å². The topological polar surface area (TPSA) is 72.7 Å². The van der Waals surface area contributed by atoms with E-state index in [2.05, 4.69) is 204 Å². The predicted octanol–water partition coefficient (Wildman–Crippen LogP) is 14.3. The Morgan fingerprint density at radius 3 is 1.14 bits per heavy atom. The number of hydrogen-bond donors (Lipinski definition) is 2. The van der Waals surface area contributed by atoms with Gasteiger partial charge in [0.1, 0.15) is 10.1 Å². The van der Waals surface area contributed by atoms with Crippen molar-refractivity contribution in [3.8, 4) is 0 Å². The minimum absolute atomic E-state index is 0.203. The van der Waals surface area contributed by atoms with E-state index in [0.717, 1.165) is 89.0 Å². The lowest BCUT2D eigenvalue weighted by Gasteiger charge is -2.39. The zero-order valence-corrected chi connectivity index (χ0v) is 46.0. The lowest BCUT2D eigenvalue weighted by atomic mass is 9.73. The second kappa shape index (κ2) is 25.3. The molecule has 4 unspecified atom stereocenters. The van der Waals surface area contributed by atoms with Gasteiger partial charge in [0.15, 0.2) is 0 Å². The van der Waals surface area contributed by atoms with Crippen molar-refractivity contribution in [1.29, 1.82) is 0 Å². The molecule has 0 aliphatic rings. The summed E-state index contributed by atoms with van der Waals surface area (Å²) in [5.41, 5.74) is 6.93. The average molecular weight is 1100 g/mol. The quantitative estimate of drug-likeness (QED) is 0.0732. The molecule has 4 atom stereocenters. The molecule has 0 bridgehead atoms. The average Bonchev–Trinajstić information content (AvgIpc) is 3.37. The lowest BCUT2D eigenvalue weighted by molar-refractivity contribution is 0.000326. The number of hydrogen-bond acceptors (Lipinski definition) is 8. The molecule has 70 heavy (non-hydrogen) atoms. The molecule has 0 fully saturated rings. The lowest BCUT2D eigenvalue weighted by Crippen LogP contribution is -2.40. The van der Waals surface area contributed by atoms with Gasteiger partial charge < -0.3 is 20.0 Å². The molecule has 0 spiro atoms. The van der Waals surface area contributed by atoms with Gasteiger partial charge in [-0.15, -0.1) is 23.5 Å². The number of aryl methyl sites for hydroxylation is 2. The molecule has 0 saturated carbocycles. The molecule has 6 nitrogen and oxygen atoms in total. The molecule has 0 aliphatic heterocycles. The highest BCUT2D eigenvalue weighted by molar-refractivity contribution is 9.10. The van der Waals surface area contributed by atoms with Crippen LogP contribution < -0.4 is 0 Å². The second-order valence-electron chi connectivity index (χ2n) is 18.8. The number of fused-ring (bicyclic) bond motifs is 2. The van der Waals surface area contributed by atoms with Crippen molar-refractivity contribution < 1.29 is 10.2 Å². The fraction of sp³-hybridized carbons (Fsp3) is 0.300. The van der Waals surface area contributed by atoms with E-state index in [-0.39, 0.29) is 11.8 Å². The van der Waals surface area contributed by atoms with Gasteiger partial charge >= 0.3 is 0 Å². The summed E-state index contributed by atoms with van der Waals surface area (Å²) >= 11 is 10.5. The summed E-state index contributed by atoms with van der Waals surface area (Å²) in [4.78, 5) is 14.4. The standard InChI is InChI=1S/2C30H33BrN2OS/c2*1-33(2)19-18-30(34,17-16-22-10-6-4-7-11-22)28(23-12-8-5-9-13-23)26-21-24-20-25(31)14-15-27(24)32-29(26)35-3/h2*4-15,20-21,28,34H,16-19H2,1-3H3. The summed E-state index contributed by atoms with van der Waals surface area (Å²) in [5, 5.41) is 29.2. The Bertz CT molecular complexity index is 2700. The molecule has 8 rings (SSSR count). The molecule has 2 aromatic heterocycles. The zero-order valence-electron chi connectivity index (χ0n) is 41.2. The van der Waals surface area contributed by atoms with Crippen molar-refractivity contribution in [2.24, 2.45) is 0 Å². The van der Waals surface area contributed by atoms with Crippen LogP contribution in [-0.4, -0.2) is 95.0 Å². The summed E-state index contributed by atoms with van der Waals surface area (Å²) in [6.45, 7) is 1.60. The highest BCUT2D eigenvalue weighted by Gasteiger charge is 2.41. The Morgan fingerprint density at radius 2 is 0.814 bits per heavy atom. The number of pyridine rings is 2. The van der Waals surface area contributed by atoms with Crippen molar-refractivity contribution >= 4 is 77.2 Å². The minimum Gasteiger partial charge on any atom is -0.389 e. The summed E-state index contributed by atoms with van der Waals surface area (Å²) < 4.78 is 2.05. The maximum atomic E-state index is 12.6. The highest BCUT2D eigenvalue weighted by Crippen LogP contribution is 2.46. The van der Waals surface area contributed by atoms with E-state index in [4.69, 9.17) is 9.97 Å².